The molecule has 0 spiro atoms. The minimum absolute atomic E-state index is 0.0856. The average molecular weight is 214 g/mol. The first-order chi connectivity index (χ1) is 6.54. The minimum atomic E-state index is -1.02. The van der Waals surface area contributed by atoms with Crippen LogP contribution in [0.1, 0.15) is 39.5 Å². The van der Waals surface area contributed by atoms with Gasteiger partial charge < -0.3 is 0 Å². The molecule has 1 atom stereocenters. The van der Waals surface area contributed by atoms with Gasteiger partial charge in [0.05, 0.1) is 0 Å². The molecule has 0 aliphatic carbocycles. The zero-order valence-electron chi connectivity index (χ0n) is 9.80. The van der Waals surface area contributed by atoms with Gasteiger partial charge in [0, 0.05) is 20.8 Å². The topological polar surface area (TPSA) is 34.1 Å². The molecule has 0 amide bonds. The highest BCUT2D eigenvalue weighted by Gasteiger charge is 2.26. The highest BCUT2D eigenvalue weighted by atomic mass is 28.3. The van der Waals surface area contributed by atoms with Crippen LogP contribution in [0.5, 0.6) is 0 Å². The van der Waals surface area contributed by atoms with Crippen LogP contribution < -0.4 is 0 Å². The van der Waals surface area contributed by atoms with Crippen LogP contribution in [0.15, 0.2) is 0 Å². The Hall–Kier alpha value is -0.443. The SMILES string of the molecule is CCCCC(C(=O)C(=O)CC)[SiH](C)C. The van der Waals surface area contributed by atoms with Crippen molar-refractivity contribution in [3.05, 3.63) is 0 Å². The van der Waals surface area contributed by atoms with Gasteiger partial charge in [0.25, 0.3) is 0 Å². The minimum Gasteiger partial charge on any atom is -0.291 e. The van der Waals surface area contributed by atoms with Gasteiger partial charge in [-0.15, -0.1) is 0 Å². The second-order valence-corrected chi connectivity index (χ2v) is 7.43. The Morgan fingerprint density at radius 2 is 1.79 bits per heavy atom. The van der Waals surface area contributed by atoms with Crippen molar-refractivity contribution in [3.8, 4) is 0 Å². The van der Waals surface area contributed by atoms with Crippen LogP contribution >= 0.6 is 0 Å². The van der Waals surface area contributed by atoms with Gasteiger partial charge in [0.15, 0.2) is 11.6 Å². The van der Waals surface area contributed by atoms with Crippen molar-refractivity contribution < 1.29 is 9.59 Å². The van der Waals surface area contributed by atoms with Crippen molar-refractivity contribution in [2.45, 2.75) is 58.2 Å². The summed E-state index contributed by atoms with van der Waals surface area (Å²) in [5, 5.41) is 0. The molecule has 0 aromatic rings. The van der Waals surface area contributed by atoms with E-state index in [4.69, 9.17) is 0 Å². The number of hydrogen-bond donors (Lipinski definition) is 0. The Bertz CT molecular complexity index is 199. The number of unbranched alkanes of at least 4 members (excludes halogenated alkanes) is 1. The van der Waals surface area contributed by atoms with Crippen LogP contribution in [-0.2, 0) is 9.59 Å². The van der Waals surface area contributed by atoms with E-state index in [1.165, 1.54) is 0 Å². The van der Waals surface area contributed by atoms with Crippen LogP contribution in [0.4, 0.5) is 0 Å². The molecule has 0 radical (unpaired) electrons. The van der Waals surface area contributed by atoms with E-state index in [0.29, 0.717) is 6.42 Å². The van der Waals surface area contributed by atoms with Gasteiger partial charge in [-0.25, -0.2) is 0 Å². The van der Waals surface area contributed by atoms with Crippen LogP contribution in [0.25, 0.3) is 0 Å². The second kappa shape index (κ2) is 6.93. The molecule has 0 bridgehead atoms. The van der Waals surface area contributed by atoms with E-state index < -0.39 is 8.80 Å². The van der Waals surface area contributed by atoms with Crippen LogP contribution in [0.3, 0.4) is 0 Å². The van der Waals surface area contributed by atoms with Crippen molar-refractivity contribution >= 4 is 20.4 Å². The fourth-order valence-electron chi connectivity index (χ4n) is 1.57. The molecule has 0 aliphatic heterocycles. The van der Waals surface area contributed by atoms with Crippen molar-refractivity contribution in [1.29, 1.82) is 0 Å². The van der Waals surface area contributed by atoms with E-state index >= 15 is 0 Å². The number of carbonyl (C=O) groups excluding carboxylic acids is 2. The molecule has 2 nitrogen and oxygen atoms in total. The van der Waals surface area contributed by atoms with E-state index in [-0.39, 0.29) is 17.1 Å². The van der Waals surface area contributed by atoms with Crippen LogP contribution in [0.2, 0.25) is 18.6 Å². The third-order valence-corrected chi connectivity index (χ3v) is 4.85. The number of Topliss-reactive ketones (excluding diaryl/α,β-unsaturated/α-hetero) is 2. The van der Waals surface area contributed by atoms with Crippen molar-refractivity contribution in [3.63, 3.8) is 0 Å². The number of ketones is 2. The molecule has 0 aromatic carbocycles. The predicted molar refractivity (Wildman–Crippen MR) is 62.5 cm³/mol. The average Bonchev–Trinajstić information content (AvgIpc) is 2.16. The van der Waals surface area contributed by atoms with Gasteiger partial charge in [-0.1, -0.05) is 39.8 Å². The molecule has 0 rings (SSSR count). The van der Waals surface area contributed by atoms with Crippen molar-refractivity contribution in [2.24, 2.45) is 0 Å². The van der Waals surface area contributed by atoms with Gasteiger partial charge in [-0.2, -0.15) is 0 Å². The third-order valence-electron chi connectivity index (χ3n) is 2.61. The Labute approximate surface area is 88.7 Å². The standard InChI is InChI=1S/C11H22O2Si/c1-5-7-8-10(14(3)4)11(13)9(12)6-2/h10,14H,5-8H2,1-4H3. The summed E-state index contributed by atoms with van der Waals surface area (Å²) in [6.45, 7) is 8.19. The lowest BCUT2D eigenvalue weighted by Crippen LogP contribution is -2.27. The smallest absolute Gasteiger partial charge is 0.198 e. The summed E-state index contributed by atoms with van der Waals surface area (Å²) in [7, 11) is -1.02. The predicted octanol–water partition coefficient (Wildman–Crippen LogP) is 2.58. The lowest BCUT2D eigenvalue weighted by atomic mass is 10.1. The van der Waals surface area contributed by atoms with Gasteiger partial charge in [-0.05, 0) is 6.42 Å². The Morgan fingerprint density at radius 3 is 2.14 bits per heavy atom. The second-order valence-electron chi connectivity index (χ2n) is 4.13. The first kappa shape index (κ1) is 13.6. The third kappa shape index (κ3) is 4.18. The molecule has 0 aliphatic rings. The summed E-state index contributed by atoms with van der Waals surface area (Å²) in [6.07, 6.45) is 3.46. The highest BCUT2D eigenvalue weighted by Crippen LogP contribution is 2.21. The number of hydrogen-bond acceptors (Lipinski definition) is 2. The van der Waals surface area contributed by atoms with E-state index in [1.807, 2.05) is 0 Å². The molecule has 0 N–H and O–H groups in total. The zero-order chi connectivity index (χ0) is 11.1. The quantitative estimate of drug-likeness (QED) is 0.482. The monoisotopic (exact) mass is 214 g/mol. The molecular formula is C11H22O2Si. The van der Waals surface area contributed by atoms with E-state index in [2.05, 4.69) is 20.0 Å². The number of carbonyl (C=O) groups is 2. The number of rotatable bonds is 7. The first-order valence-corrected chi connectivity index (χ1v) is 8.59. The molecule has 3 heteroatoms. The fraction of sp³-hybridized carbons (Fsp3) is 0.818. The maximum Gasteiger partial charge on any atom is 0.198 e. The van der Waals surface area contributed by atoms with Gasteiger partial charge in [0.1, 0.15) is 0 Å². The van der Waals surface area contributed by atoms with Crippen molar-refractivity contribution in [1.82, 2.24) is 0 Å². The summed E-state index contributed by atoms with van der Waals surface area (Å²) in [5.74, 6) is -0.269. The lowest BCUT2D eigenvalue weighted by molar-refractivity contribution is -0.136. The summed E-state index contributed by atoms with van der Waals surface area (Å²) in [6, 6.07) is 0. The normalized spacial score (nSPS) is 12.9. The largest absolute Gasteiger partial charge is 0.291 e. The first-order valence-electron chi connectivity index (χ1n) is 5.61. The molecule has 14 heavy (non-hydrogen) atoms. The highest BCUT2D eigenvalue weighted by molar-refractivity contribution is 6.66. The Morgan fingerprint density at radius 1 is 1.21 bits per heavy atom. The molecule has 82 valence electrons. The van der Waals surface area contributed by atoms with E-state index in [9.17, 15) is 9.59 Å². The molecule has 0 saturated heterocycles. The molecule has 0 heterocycles. The summed E-state index contributed by atoms with van der Waals surface area (Å²) < 4.78 is 0. The summed E-state index contributed by atoms with van der Waals surface area (Å²) >= 11 is 0. The van der Waals surface area contributed by atoms with E-state index in [0.717, 1.165) is 19.3 Å². The zero-order valence-corrected chi connectivity index (χ0v) is 11.0. The lowest BCUT2D eigenvalue weighted by Gasteiger charge is -2.16. The van der Waals surface area contributed by atoms with Gasteiger partial charge >= 0.3 is 0 Å². The van der Waals surface area contributed by atoms with Gasteiger partial charge in [-0.3, -0.25) is 9.59 Å². The van der Waals surface area contributed by atoms with Crippen LogP contribution in [0, 0.1) is 0 Å². The van der Waals surface area contributed by atoms with Crippen molar-refractivity contribution in [2.75, 3.05) is 0 Å². The fourth-order valence-corrected chi connectivity index (χ4v) is 3.27. The summed E-state index contributed by atoms with van der Waals surface area (Å²) in [5.41, 5.74) is 0.0856. The maximum absolute atomic E-state index is 11.7. The maximum atomic E-state index is 11.7. The molecular weight excluding hydrogens is 192 g/mol. The Balaban J connectivity index is 4.33. The van der Waals surface area contributed by atoms with Gasteiger partial charge in [0.2, 0.25) is 0 Å². The molecule has 0 saturated carbocycles. The molecule has 0 fully saturated rings. The molecule has 1 unspecified atom stereocenters. The van der Waals surface area contributed by atoms with Crippen LogP contribution in [-0.4, -0.2) is 20.4 Å². The Kier molecular flexibility index (Phi) is 6.71. The van der Waals surface area contributed by atoms with E-state index in [1.54, 1.807) is 6.92 Å². The summed E-state index contributed by atoms with van der Waals surface area (Å²) in [4.78, 5) is 23.0. The molecule has 0 aromatic heterocycles.